The van der Waals surface area contributed by atoms with Crippen LogP contribution < -0.4 is 0 Å². The number of ether oxygens (including phenoxy) is 1. The highest BCUT2D eigenvalue weighted by Crippen LogP contribution is 2.57. The highest BCUT2D eigenvalue weighted by atomic mass is 16.5. The number of carbonyl (C=O) groups excluding carboxylic acids is 2. The molecule has 0 heterocycles. The van der Waals surface area contributed by atoms with Crippen molar-refractivity contribution in [2.24, 2.45) is 23.2 Å². The summed E-state index contributed by atoms with van der Waals surface area (Å²) in [4.78, 5) is 23.3. The fourth-order valence-corrected chi connectivity index (χ4v) is 4.78. The largest absolute Gasteiger partial charge is 0.469 e. The molecule has 0 unspecified atom stereocenters. The summed E-state index contributed by atoms with van der Waals surface area (Å²) < 4.78 is 4.69. The van der Waals surface area contributed by atoms with Crippen molar-refractivity contribution in [2.45, 2.75) is 65.2 Å². The maximum Gasteiger partial charge on any atom is 0.305 e. The van der Waals surface area contributed by atoms with Crippen LogP contribution in [0.25, 0.3) is 0 Å². The molecule has 4 atom stereocenters. The zero-order valence-corrected chi connectivity index (χ0v) is 13.1. The number of hydrogen-bond acceptors (Lipinski definition) is 3. The predicted octanol–water partition coefficient (Wildman–Crippen LogP) is 3.75. The Balaban J connectivity index is 1.91. The molecule has 0 N–H and O–H groups in total. The van der Waals surface area contributed by atoms with Gasteiger partial charge in [-0.3, -0.25) is 9.59 Å². The van der Waals surface area contributed by atoms with Crippen LogP contribution in [-0.4, -0.2) is 18.9 Å². The molecule has 0 spiro atoms. The molecule has 0 aliphatic heterocycles. The first-order valence-corrected chi connectivity index (χ1v) is 8.08. The van der Waals surface area contributed by atoms with Crippen LogP contribution in [0.3, 0.4) is 0 Å². The molecule has 2 saturated carbocycles. The van der Waals surface area contributed by atoms with Crippen LogP contribution in [0, 0.1) is 23.2 Å². The third-order valence-electron chi connectivity index (χ3n) is 5.89. The van der Waals surface area contributed by atoms with Gasteiger partial charge in [0, 0.05) is 18.8 Å². The molecule has 2 aliphatic carbocycles. The molecule has 0 aromatic heterocycles. The summed E-state index contributed by atoms with van der Waals surface area (Å²) in [6.07, 6.45) is 7.83. The number of carbonyl (C=O) groups is 2. The van der Waals surface area contributed by atoms with E-state index in [1.807, 2.05) is 0 Å². The van der Waals surface area contributed by atoms with E-state index in [2.05, 4.69) is 13.8 Å². The van der Waals surface area contributed by atoms with Crippen molar-refractivity contribution in [2.75, 3.05) is 7.11 Å². The average Bonchev–Trinajstić information content (AvgIpc) is 2.77. The van der Waals surface area contributed by atoms with E-state index in [-0.39, 0.29) is 11.4 Å². The quantitative estimate of drug-likeness (QED) is 0.720. The van der Waals surface area contributed by atoms with Crippen LogP contribution >= 0.6 is 0 Å². The Morgan fingerprint density at radius 2 is 2.20 bits per heavy atom. The Morgan fingerprint density at radius 3 is 2.90 bits per heavy atom. The molecule has 0 aromatic carbocycles. The first-order valence-electron chi connectivity index (χ1n) is 8.08. The van der Waals surface area contributed by atoms with Crippen molar-refractivity contribution in [3.05, 3.63) is 0 Å². The molecule has 0 aromatic rings. The molecule has 20 heavy (non-hydrogen) atoms. The molecule has 0 bridgehead atoms. The lowest BCUT2D eigenvalue weighted by Gasteiger charge is -2.42. The van der Waals surface area contributed by atoms with E-state index in [0.29, 0.717) is 30.0 Å². The molecule has 2 fully saturated rings. The Labute approximate surface area is 122 Å². The summed E-state index contributed by atoms with van der Waals surface area (Å²) >= 11 is 0. The molecule has 0 amide bonds. The summed E-state index contributed by atoms with van der Waals surface area (Å²) in [5.41, 5.74) is 0.222. The normalized spacial score (nSPS) is 34.6. The van der Waals surface area contributed by atoms with E-state index in [0.717, 1.165) is 32.1 Å². The summed E-state index contributed by atoms with van der Waals surface area (Å²) in [7, 11) is 1.45. The first kappa shape index (κ1) is 15.5. The standard InChI is InChI=1S/C17H28O3/c1-12(6-4-8-16(19)20-3)13-9-10-14-15(18)7-5-11-17(13,14)2/h12-14H,4-11H2,1-3H3/t12-,13-,14+,17-/m1/s1. The lowest BCUT2D eigenvalue weighted by molar-refractivity contribution is -0.140. The zero-order valence-electron chi connectivity index (χ0n) is 13.1. The van der Waals surface area contributed by atoms with Crippen LogP contribution in [-0.2, 0) is 14.3 Å². The van der Waals surface area contributed by atoms with Gasteiger partial charge in [0.2, 0.25) is 0 Å². The van der Waals surface area contributed by atoms with Gasteiger partial charge < -0.3 is 4.74 Å². The van der Waals surface area contributed by atoms with Crippen molar-refractivity contribution in [3.63, 3.8) is 0 Å². The van der Waals surface area contributed by atoms with Gasteiger partial charge in [-0.15, -0.1) is 0 Å². The Morgan fingerprint density at radius 1 is 1.45 bits per heavy atom. The van der Waals surface area contributed by atoms with Gasteiger partial charge in [-0.05, 0) is 55.8 Å². The lowest BCUT2D eigenvalue weighted by atomic mass is 9.62. The molecule has 0 radical (unpaired) electrons. The molecular weight excluding hydrogens is 252 g/mol. The highest BCUT2D eigenvalue weighted by molar-refractivity contribution is 5.83. The number of rotatable bonds is 5. The van der Waals surface area contributed by atoms with Gasteiger partial charge in [-0.2, -0.15) is 0 Å². The van der Waals surface area contributed by atoms with E-state index in [4.69, 9.17) is 4.74 Å². The van der Waals surface area contributed by atoms with Crippen LogP contribution in [0.4, 0.5) is 0 Å². The number of esters is 1. The number of Topliss-reactive ketones (excluding diaryl/α,β-unsaturated/α-hetero) is 1. The lowest BCUT2D eigenvalue weighted by Crippen LogP contribution is -2.39. The highest BCUT2D eigenvalue weighted by Gasteiger charge is 2.52. The summed E-state index contributed by atoms with van der Waals surface area (Å²) in [6, 6.07) is 0. The second-order valence-corrected chi connectivity index (χ2v) is 7.01. The summed E-state index contributed by atoms with van der Waals surface area (Å²) in [5.74, 6) is 1.95. The second-order valence-electron chi connectivity index (χ2n) is 7.01. The minimum atomic E-state index is -0.111. The molecule has 2 aliphatic rings. The zero-order chi connectivity index (χ0) is 14.8. The van der Waals surface area contributed by atoms with E-state index in [1.54, 1.807) is 0 Å². The third-order valence-corrected chi connectivity index (χ3v) is 5.89. The van der Waals surface area contributed by atoms with Crippen molar-refractivity contribution in [1.82, 2.24) is 0 Å². The molecule has 3 heteroatoms. The van der Waals surface area contributed by atoms with Crippen molar-refractivity contribution in [1.29, 1.82) is 0 Å². The monoisotopic (exact) mass is 280 g/mol. The minimum Gasteiger partial charge on any atom is -0.469 e. The van der Waals surface area contributed by atoms with E-state index < -0.39 is 0 Å². The van der Waals surface area contributed by atoms with E-state index in [9.17, 15) is 9.59 Å². The van der Waals surface area contributed by atoms with Crippen molar-refractivity contribution in [3.8, 4) is 0 Å². The van der Waals surface area contributed by atoms with E-state index in [1.165, 1.54) is 20.0 Å². The fraction of sp³-hybridized carbons (Fsp3) is 0.882. The molecule has 3 nitrogen and oxygen atoms in total. The van der Waals surface area contributed by atoms with Gasteiger partial charge in [0.1, 0.15) is 5.78 Å². The maximum atomic E-state index is 12.1. The van der Waals surface area contributed by atoms with Gasteiger partial charge in [0.05, 0.1) is 7.11 Å². The Hall–Kier alpha value is -0.860. The third kappa shape index (κ3) is 2.91. The van der Waals surface area contributed by atoms with Crippen LogP contribution in [0.15, 0.2) is 0 Å². The first-order chi connectivity index (χ1) is 9.49. The second kappa shape index (κ2) is 6.28. The van der Waals surface area contributed by atoms with Crippen molar-refractivity contribution < 1.29 is 14.3 Å². The smallest absolute Gasteiger partial charge is 0.305 e. The maximum absolute atomic E-state index is 12.1. The van der Waals surface area contributed by atoms with Gasteiger partial charge in [-0.1, -0.05) is 13.8 Å². The topological polar surface area (TPSA) is 43.4 Å². The number of ketones is 1. The Bertz CT molecular complexity index is 376. The Kier molecular flexibility index (Phi) is 4.87. The fourth-order valence-electron chi connectivity index (χ4n) is 4.78. The van der Waals surface area contributed by atoms with Gasteiger partial charge >= 0.3 is 5.97 Å². The van der Waals surface area contributed by atoms with Crippen LogP contribution in [0.5, 0.6) is 0 Å². The molecule has 2 rings (SSSR count). The van der Waals surface area contributed by atoms with Gasteiger partial charge in [0.25, 0.3) is 0 Å². The van der Waals surface area contributed by atoms with Gasteiger partial charge in [-0.25, -0.2) is 0 Å². The van der Waals surface area contributed by atoms with Gasteiger partial charge in [0.15, 0.2) is 0 Å². The predicted molar refractivity (Wildman–Crippen MR) is 78.2 cm³/mol. The average molecular weight is 280 g/mol. The number of hydrogen-bond donors (Lipinski definition) is 0. The molecular formula is C17H28O3. The van der Waals surface area contributed by atoms with Crippen LogP contribution in [0.2, 0.25) is 0 Å². The number of fused-ring (bicyclic) bond motifs is 1. The number of methoxy groups -OCH3 is 1. The summed E-state index contributed by atoms with van der Waals surface area (Å²) in [5, 5.41) is 0. The van der Waals surface area contributed by atoms with Crippen LogP contribution in [0.1, 0.15) is 65.2 Å². The SMILES string of the molecule is COC(=O)CCC[C@@H](C)[C@H]1CC[C@H]2C(=O)CCC[C@]12C. The molecule has 114 valence electrons. The van der Waals surface area contributed by atoms with E-state index >= 15 is 0 Å². The van der Waals surface area contributed by atoms with Crippen molar-refractivity contribution >= 4 is 11.8 Å². The molecule has 0 saturated heterocycles. The minimum absolute atomic E-state index is 0.111. The summed E-state index contributed by atoms with van der Waals surface area (Å²) in [6.45, 7) is 4.64.